The molecule has 0 spiro atoms. The first-order valence-electron chi connectivity index (χ1n) is 10.7. The molecule has 7 heteroatoms. The van der Waals surface area contributed by atoms with E-state index >= 15 is 0 Å². The Kier molecular flexibility index (Phi) is 7.39. The zero-order chi connectivity index (χ0) is 22.3. The summed E-state index contributed by atoms with van der Waals surface area (Å²) in [5.74, 6) is 0.189. The van der Waals surface area contributed by atoms with E-state index < -0.39 is 0 Å². The van der Waals surface area contributed by atoms with Crippen LogP contribution in [0.4, 0.5) is 0 Å². The minimum Gasteiger partial charge on any atom is -0.355 e. The standard InChI is InChI=1S/C25H25N3O2S2/c1-2-28-24(30)23-20(16-21(32-23)19-13-7-4-8-14-19)27-25(28)31-17-22(29)26-15-9-12-18-10-5-3-6-11-18/h3-8,10-11,13-14,16H,2,9,12,15,17H2,1H3,(H,26,29). The Morgan fingerprint density at radius 2 is 1.81 bits per heavy atom. The van der Waals surface area contributed by atoms with E-state index in [1.165, 1.54) is 28.7 Å². The van der Waals surface area contributed by atoms with Crippen LogP contribution in [0, 0.1) is 0 Å². The molecule has 0 aliphatic rings. The van der Waals surface area contributed by atoms with Crippen molar-refractivity contribution in [3.8, 4) is 10.4 Å². The summed E-state index contributed by atoms with van der Waals surface area (Å²) in [5.41, 5.74) is 2.98. The average molecular weight is 464 g/mol. The van der Waals surface area contributed by atoms with Crippen LogP contribution >= 0.6 is 23.1 Å². The van der Waals surface area contributed by atoms with Gasteiger partial charge in [-0.1, -0.05) is 72.4 Å². The third kappa shape index (κ3) is 5.29. The molecule has 0 fully saturated rings. The molecule has 0 saturated carbocycles. The van der Waals surface area contributed by atoms with Gasteiger partial charge in [0.2, 0.25) is 5.91 Å². The molecular formula is C25H25N3O2S2. The van der Waals surface area contributed by atoms with Crippen LogP contribution in [0.3, 0.4) is 0 Å². The fourth-order valence-electron chi connectivity index (χ4n) is 3.47. The molecule has 0 aliphatic heterocycles. The number of nitrogens with zero attached hydrogens (tertiary/aromatic N) is 2. The molecule has 0 bridgehead atoms. The van der Waals surface area contributed by atoms with Crippen molar-refractivity contribution in [3.63, 3.8) is 0 Å². The van der Waals surface area contributed by atoms with Crippen molar-refractivity contribution in [2.24, 2.45) is 0 Å². The second-order valence-electron chi connectivity index (χ2n) is 7.36. The maximum absolute atomic E-state index is 13.0. The number of thioether (sulfide) groups is 1. The van der Waals surface area contributed by atoms with E-state index in [4.69, 9.17) is 4.98 Å². The van der Waals surface area contributed by atoms with Crippen LogP contribution in [0.25, 0.3) is 20.7 Å². The van der Waals surface area contributed by atoms with E-state index in [9.17, 15) is 9.59 Å². The van der Waals surface area contributed by atoms with Crippen molar-refractivity contribution >= 4 is 39.2 Å². The fraction of sp³-hybridized carbons (Fsp3) is 0.240. The second kappa shape index (κ2) is 10.6. The van der Waals surface area contributed by atoms with Crippen LogP contribution in [0.15, 0.2) is 76.7 Å². The van der Waals surface area contributed by atoms with Crippen molar-refractivity contribution in [3.05, 3.63) is 82.6 Å². The third-order valence-corrected chi connectivity index (χ3v) is 7.25. The van der Waals surface area contributed by atoms with Crippen LogP contribution in [0.1, 0.15) is 18.9 Å². The molecule has 1 N–H and O–H groups in total. The second-order valence-corrected chi connectivity index (χ2v) is 9.36. The Balaban J connectivity index is 1.40. The Labute approximate surface area is 195 Å². The summed E-state index contributed by atoms with van der Waals surface area (Å²) >= 11 is 2.78. The molecule has 32 heavy (non-hydrogen) atoms. The molecule has 2 heterocycles. The number of hydrogen-bond donors (Lipinski definition) is 1. The Morgan fingerprint density at radius 1 is 1.09 bits per heavy atom. The van der Waals surface area contributed by atoms with Gasteiger partial charge >= 0.3 is 0 Å². The SMILES string of the molecule is CCn1c(SCC(=O)NCCCc2ccccc2)nc2cc(-c3ccccc3)sc2c1=O. The summed E-state index contributed by atoms with van der Waals surface area (Å²) in [6, 6.07) is 22.2. The van der Waals surface area contributed by atoms with Crippen molar-refractivity contribution in [2.45, 2.75) is 31.5 Å². The van der Waals surface area contributed by atoms with E-state index in [1.54, 1.807) is 4.57 Å². The monoisotopic (exact) mass is 463 g/mol. The summed E-state index contributed by atoms with van der Waals surface area (Å²) in [5, 5.41) is 3.55. The molecule has 0 aliphatic carbocycles. The van der Waals surface area contributed by atoms with E-state index in [0.717, 1.165) is 23.3 Å². The Hall–Kier alpha value is -2.90. The van der Waals surface area contributed by atoms with Crippen LogP contribution in [0.2, 0.25) is 0 Å². The molecule has 0 saturated heterocycles. The van der Waals surface area contributed by atoms with Gasteiger partial charge in [-0.15, -0.1) is 11.3 Å². The van der Waals surface area contributed by atoms with Crippen molar-refractivity contribution in [1.29, 1.82) is 0 Å². The number of nitrogens with one attached hydrogen (secondary N) is 1. The molecule has 0 radical (unpaired) electrons. The van der Waals surface area contributed by atoms with E-state index in [2.05, 4.69) is 17.4 Å². The molecule has 4 aromatic rings. The van der Waals surface area contributed by atoms with Gasteiger partial charge in [0.1, 0.15) is 4.70 Å². The van der Waals surface area contributed by atoms with Crippen LogP contribution in [-0.4, -0.2) is 27.8 Å². The predicted molar refractivity (Wildman–Crippen MR) is 133 cm³/mol. The maximum Gasteiger partial charge on any atom is 0.272 e. The first-order valence-corrected chi connectivity index (χ1v) is 12.5. The van der Waals surface area contributed by atoms with Crippen molar-refractivity contribution < 1.29 is 4.79 Å². The largest absolute Gasteiger partial charge is 0.355 e. The maximum atomic E-state index is 13.0. The lowest BCUT2D eigenvalue weighted by Gasteiger charge is -2.10. The summed E-state index contributed by atoms with van der Waals surface area (Å²) in [6.45, 7) is 3.07. The molecule has 2 aromatic carbocycles. The van der Waals surface area contributed by atoms with Crippen molar-refractivity contribution in [1.82, 2.24) is 14.9 Å². The molecular weight excluding hydrogens is 438 g/mol. The minimum atomic E-state index is -0.0460. The molecule has 0 unspecified atom stereocenters. The zero-order valence-electron chi connectivity index (χ0n) is 17.9. The fourth-order valence-corrected chi connectivity index (χ4v) is 5.41. The number of hydrogen-bond acceptors (Lipinski definition) is 5. The molecule has 1 amide bonds. The van der Waals surface area contributed by atoms with Crippen LogP contribution in [-0.2, 0) is 17.8 Å². The highest BCUT2D eigenvalue weighted by Gasteiger charge is 2.15. The smallest absolute Gasteiger partial charge is 0.272 e. The molecule has 4 rings (SSSR count). The number of thiophene rings is 1. The Morgan fingerprint density at radius 3 is 2.53 bits per heavy atom. The van der Waals surface area contributed by atoms with Gasteiger partial charge in [0, 0.05) is 18.0 Å². The van der Waals surface area contributed by atoms with Gasteiger partial charge in [-0.2, -0.15) is 0 Å². The number of rotatable bonds is 9. The van der Waals surface area contributed by atoms with Crippen LogP contribution in [0.5, 0.6) is 0 Å². The van der Waals surface area contributed by atoms with Crippen LogP contribution < -0.4 is 10.9 Å². The Bertz CT molecular complexity index is 1250. The van der Waals surface area contributed by atoms with Gasteiger partial charge in [0.05, 0.1) is 11.3 Å². The van der Waals surface area contributed by atoms with E-state index in [0.29, 0.717) is 28.5 Å². The molecule has 5 nitrogen and oxygen atoms in total. The van der Waals surface area contributed by atoms with Crippen molar-refractivity contribution in [2.75, 3.05) is 12.3 Å². The van der Waals surface area contributed by atoms with Gasteiger partial charge in [0.15, 0.2) is 5.16 Å². The van der Waals surface area contributed by atoms with Gasteiger partial charge in [-0.3, -0.25) is 14.2 Å². The lowest BCUT2D eigenvalue weighted by atomic mass is 10.1. The van der Waals surface area contributed by atoms with Gasteiger partial charge in [-0.05, 0) is 37.0 Å². The lowest BCUT2D eigenvalue weighted by Crippen LogP contribution is -2.27. The topological polar surface area (TPSA) is 64.0 Å². The van der Waals surface area contributed by atoms with Gasteiger partial charge in [0.25, 0.3) is 5.56 Å². The van der Waals surface area contributed by atoms with E-state index in [-0.39, 0.29) is 17.2 Å². The number of aromatic nitrogens is 2. The summed E-state index contributed by atoms with van der Waals surface area (Å²) in [6.07, 6.45) is 1.82. The number of amides is 1. The van der Waals surface area contributed by atoms with Gasteiger partial charge < -0.3 is 5.32 Å². The normalized spacial score (nSPS) is 11.0. The highest BCUT2D eigenvalue weighted by atomic mass is 32.2. The van der Waals surface area contributed by atoms with E-state index in [1.807, 2.05) is 61.5 Å². The molecule has 0 atom stereocenters. The summed E-state index contributed by atoms with van der Waals surface area (Å²) in [7, 11) is 0. The lowest BCUT2D eigenvalue weighted by molar-refractivity contribution is -0.118. The highest BCUT2D eigenvalue weighted by Crippen LogP contribution is 2.31. The number of benzene rings is 2. The molecule has 164 valence electrons. The summed E-state index contributed by atoms with van der Waals surface area (Å²) in [4.78, 5) is 31.1. The average Bonchev–Trinajstić information content (AvgIpc) is 3.26. The first-order chi connectivity index (χ1) is 15.7. The zero-order valence-corrected chi connectivity index (χ0v) is 19.5. The first kappa shape index (κ1) is 22.3. The predicted octanol–water partition coefficient (Wildman–Crippen LogP) is 4.99. The summed E-state index contributed by atoms with van der Waals surface area (Å²) < 4.78 is 2.31. The highest BCUT2D eigenvalue weighted by molar-refractivity contribution is 7.99. The number of carbonyl (C=O) groups excluding carboxylic acids is 1. The number of fused-ring (bicyclic) bond motifs is 1. The minimum absolute atomic E-state index is 0.0459. The molecule has 2 aromatic heterocycles. The quantitative estimate of drug-likeness (QED) is 0.216. The number of aryl methyl sites for hydroxylation is 1. The third-order valence-electron chi connectivity index (χ3n) is 5.11. The number of carbonyl (C=O) groups is 1. The van der Waals surface area contributed by atoms with Gasteiger partial charge in [-0.25, -0.2) is 4.98 Å².